The Kier molecular flexibility index (Phi) is 6.43. The number of rotatable bonds is 4. The fourth-order valence-electron chi connectivity index (χ4n) is 2.89. The van der Waals surface area contributed by atoms with Crippen molar-refractivity contribution in [3.05, 3.63) is 35.6 Å². The van der Waals surface area contributed by atoms with Crippen LogP contribution in [0.5, 0.6) is 0 Å². The highest BCUT2D eigenvalue weighted by atomic mass is 35.5. The number of hydrogen-bond donors (Lipinski definition) is 1. The fourth-order valence-corrected chi connectivity index (χ4v) is 2.89. The van der Waals surface area contributed by atoms with Gasteiger partial charge in [0.2, 0.25) is 5.91 Å². The van der Waals surface area contributed by atoms with Crippen molar-refractivity contribution in [2.75, 3.05) is 13.6 Å². The summed E-state index contributed by atoms with van der Waals surface area (Å²) in [6, 6.07) is 6.58. The van der Waals surface area contributed by atoms with Crippen LogP contribution in [0.15, 0.2) is 24.3 Å². The van der Waals surface area contributed by atoms with Gasteiger partial charge in [-0.3, -0.25) is 4.79 Å². The van der Waals surface area contributed by atoms with E-state index in [0.717, 1.165) is 19.3 Å². The first-order chi connectivity index (χ1) is 9.13. The standard InChI is InChI=1S/C15H21FN2O.ClH/c1-18(10-12-5-2-3-8-14(12)16)15(19)13-7-4-6-11(13)9-17;/h2-3,5,8,11,13H,4,6-7,9-10,17H2,1H3;1H/t11-,13-;/m1./s1. The molecule has 0 heterocycles. The van der Waals surface area contributed by atoms with Crippen LogP contribution in [0.1, 0.15) is 24.8 Å². The van der Waals surface area contributed by atoms with Gasteiger partial charge in [-0.25, -0.2) is 4.39 Å². The van der Waals surface area contributed by atoms with E-state index in [1.807, 2.05) is 0 Å². The zero-order chi connectivity index (χ0) is 13.8. The van der Waals surface area contributed by atoms with E-state index in [0.29, 0.717) is 18.7 Å². The van der Waals surface area contributed by atoms with Gasteiger partial charge in [0.05, 0.1) is 0 Å². The number of carbonyl (C=O) groups excluding carboxylic acids is 1. The van der Waals surface area contributed by atoms with E-state index in [2.05, 4.69) is 0 Å². The number of benzene rings is 1. The van der Waals surface area contributed by atoms with Crippen LogP contribution in [0.2, 0.25) is 0 Å². The third-order valence-corrected chi connectivity index (χ3v) is 4.02. The molecule has 1 fully saturated rings. The average molecular weight is 301 g/mol. The zero-order valence-electron chi connectivity index (χ0n) is 11.7. The van der Waals surface area contributed by atoms with E-state index in [9.17, 15) is 9.18 Å². The minimum atomic E-state index is -0.260. The molecule has 3 nitrogen and oxygen atoms in total. The van der Waals surface area contributed by atoms with Gasteiger partial charge in [-0.1, -0.05) is 24.6 Å². The summed E-state index contributed by atoms with van der Waals surface area (Å²) in [5.74, 6) is 0.137. The summed E-state index contributed by atoms with van der Waals surface area (Å²) in [7, 11) is 1.74. The van der Waals surface area contributed by atoms with Gasteiger partial charge in [0.1, 0.15) is 5.82 Å². The predicted molar refractivity (Wildman–Crippen MR) is 80.0 cm³/mol. The first-order valence-corrected chi connectivity index (χ1v) is 6.82. The smallest absolute Gasteiger partial charge is 0.226 e. The number of nitrogens with zero attached hydrogens (tertiary/aromatic N) is 1. The Morgan fingerprint density at radius 1 is 1.40 bits per heavy atom. The Morgan fingerprint density at radius 3 is 2.75 bits per heavy atom. The lowest BCUT2D eigenvalue weighted by Gasteiger charge is -2.24. The maximum atomic E-state index is 13.6. The maximum absolute atomic E-state index is 13.6. The molecule has 0 aliphatic heterocycles. The highest BCUT2D eigenvalue weighted by molar-refractivity contribution is 5.85. The molecule has 0 aromatic heterocycles. The molecule has 1 aromatic rings. The van der Waals surface area contributed by atoms with Crippen molar-refractivity contribution < 1.29 is 9.18 Å². The van der Waals surface area contributed by atoms with Gasteiger partial charge in [0.15, 0.2) is 0 Å². The van der Waals surface area contributed by atoms with Crippen molar-refractivity contribution in [1.29, 1.82) is 0 Å². The number of halogens is 2. The molecule has 0 unspecified atom stereocenters. The number of amides is 1. The molecule has 0 bridgehead atoms. The van der Waals surface area contributed by atoms with Gasteiger partial charge in [-0.2, -0.15) is 0 Å². The summed E-state index contributed by atoms with van der Waals surface area (Å²) in [6.45, 7) is 0.878. The fraction of sp³-hybridized carbons (Fsp3) is 0.533. The second-order valence-corrected chi connectivity index (χ2v) is 5.32. The molecule has 1 aromatic carbocycles. The van der Waals surface area contributed by atoms with Crippen LogP contribution in [-0.4, -0.2) is 24.4 Å². The predicted octanol–water partition coefficient (Wildman–Crippen LogP) is 2.58. The molecule has 1 saturated carbocycles. The van der Waals surface area contributed by atoms with Gasteiger partial charge in [0, 0.05) is 25.1 Å². The molecular formula is C15H22ClFN2O. The van der Waals surface area contributed by atoms with Crippen LogP contribution >= 0.6 is 12.4 Å². The lowest BCUT2D eigenvalue weighted by molar-refractivity contribution is -0.135. The van der Waals surface area contributed by atoms with Crippen molar-refractivity contribution in [3.8, 4) is 0 Å². The molecule has 5 heteroatoms. The molecule has 1 aliphatic carbocycles. The van der Waals surface area contributed by atoms with Crippen LogP contribution in [-0.2, 0) is 11.3 Å². The molecule has 20 heavy (non-hydrogen) atoms. The number of nitrogens with two attached hydrogens (primary N) is 1. The third kappa shape index (κ3) is 3.70. The Morgan fingerprint density at radius 2 is 2.10 bits per heavy atom. The van der Waals surface area contributed by atoms with Crippen LogP contribution in [0.25, 0.3) is 0 Å². The quantitative estimate of drug-likeness (QED) is 0.929. The summed E-state index contributed by atoms with van der Waals surface area (Å²) in [5.41, 5.74) is 6.26. The topological polar surface area (TPSA) is 46.3 Å². The van der Waals surface area contributed by atoms with Crippen molar-refractivity contribution in [1.82, 2.24) is 4.90 Å². The summed E-state index contributed by atoms with van der Waals surface area (Å²) in [4.78, 5) is 14.0. The first kappa shape index (κ1) is 16.9. The normalized spacial score (nSPS) is 21.4. The largest absolute Gasteiger partial charge is 0.341 e. The lowest BCUT2D eigenvalue weighted by atomic mass is 9.95. The monoisotopic (exact) mass is 300 g/mol. The second-order valence-electron chi connectivity index (χ2n) is 5.32. The number of hydrogen-bond acceptors (Lipinski definition) is 2. The second kappa shape index (κ2) is 7.60. The molecule has 2 rings (SSSR count). The molecule has 1 aliphatic rings. The number of carbonyl (C=O) groups is 1. The molecule has 2 atom stereocenters. The highest BCUT2D eigenvalue weighted by Gasteiger charge is 2.33. The van der Waals surface area contributed by atoms with E-state index in [-0.39, 0.29) is 36.0 Å². The maximum Gasteiger partial charge on any atom is 0.226 e. The Labute approximate surface area is 125 Å². The Hall–Kier alpha value is -1.13. The van der Waals surface area contributed by atoms with Crippen molar-refractivity contribution in [2.45, 2.75) is 25.8 Å². The average Bonchev–Trinajstić information content (AvgIpc) is 2.88. The SMILES string of the molecule is CN(Cc1ccccc1F)C(=O)[C@@H]1CCC[C@@H]1CN.Cl. The molecule has 0 radical (unpaired) electrons. The first-order valence-electron chi connectivity index (χ1n) is 6.82. The van der Waals surface area contributed by atoms with E-state index >= 15 is 0 Å². The minimum absolute atomic E-state index is 0. The van der Waals surface area contributed by atoms with Crippen LogP contribution in [0, 0.1) is 17.7 Å². The summed E-state index contributed by atoms with van der Waals surface area (Å²) >= 11 is 0. The zero-order valence-corrected chi connectivity index (χ0v) is 12.5. The molecule has 2 N–H and O–H groups in total. The van der Waals surface area contributed by atoms with E-state index in [1.165, 1.54) is 6.07 Å². The Balaban J connectivity index is 0.00000200. The van der Waals surface area contributed by atoms with Gasteiger partial charge < -0.3 is 10.6 Å². The molecule has 112 valence electrons. The minimum Gasteiger partial charge on any atom is -0.341 e. The molecule has 1 amide bonds. The van der Waals surface area contributed by atoms with E-state index in [4.69, 9.17) is 5.73 Å². The van der Waals surface area contributed by atoms with Crippen molar-refractivity contribution in [2.24, 2.45) is 17.6 Å². The van der Waals surface area contributed by atoms with Crippen LogP contribution in [0.3, 0.4) is 0 Å². The summed E-state index contributed by atoms with van der Waals surface area (Å²) in [6.07, 6.45) is 2.99. The van der Waals surface area contributed by atoms with Gasteiger partial charge >= 0.3 is 0 Å². The summed E-state index contributed by atoms with van der Waals surface area (Å²) < 4.78 is 13.6. The lowest BCUT2D eigenvalue weighted by Crippen LogP contribution is -2.36. The van der Waals surface area contributed by atoms with Crippen molar-refractivity contribution >= 4 is 18.3 Å². The molecule has 0 saturated heterocycles. The molecular weight excluding hydrogens is 279 g/mol. The summed E-state index contributed by atoms with van der Waals surface area (Å²) in [5, 5.41) is 0. The highest BCUT2D eigenvalue weighted by Crippen LogP contribution is 2.32. The van der Waals surface area contributed by atoms with Crippen LogP contribution in [0.4, 0.5) is 4.39 Å². The van der Waals surface area contributed by atoms with E-state index in [1.54, 1.807) is 30.1 Å². The van der Waals surface area contributed by atoms with Crippen LogP contribution < -0.4 is 5.73 Å². The van der Waals surface area contributed by atoms with Crippen molar-refractivity contribution in [3.63, 3.8) is 0 Å². The van der Waals surface area contributed by atoms with Gasteiger partial charge in [-0.15, -0.1) is 12.4 Å². The van der Waals surface area contributed by atoms with E-state index < -0.39 is 0 Å². The van der Waals surface area contributed by atoms with Gasteiger partial charge in [-0.05, 0) is 31.4 Å². The Bertz CT molecular complexity index is 455. The third-order valence-electron chi connectivity index (χ3n) is 4.02. The van der Waals surface area contributed by atoms with Gasteiger partial charge in [0.25, 0.3) is 0 Å². The molecule has 0 spiro atoms.